The molecule has 2 heterocycles. The minimum atomic E-state index is -0.302. The molecule has 0 aliphatic heterocycles. The van der Waals surface area contributed by atoms with Crippen LogP contribution in [0.4, 0.5) is 5.13 Å². The summed E-state index contributed by atoms with van der Waals surface area (Å²) in [6.07, 6.45) is 5.36. The molecule has 5 nitrogen and oxygen atoms in total. The Kier molecular flexibility index (Phi) is 5.71. The van der Waals surface area contributed by atoms with Gasteiger partial charge < -0.3 is 5.32 Å². The van der Waals surface area contributed by atoms with Gasteiger partial charge >= 0.3 is 0 Å². The SMILES string of the molecule is CCC(Sc1nc2c(cc1C#N)CC(C)CC2)C(=O)Nc1nccs1. The van der Waals surface area contributed by atoms with Gasteiger partial charge in [0.25, 0.3) is 0 Å². The molecule has 3 rings (SSSR count). The van der Waals surface area contributed by atoms with Gasteiger partial charge in [0.2, 0.25) is 5.91 Å². The lowest BCUT2D eigenvalue weighted by molar-refractivity contribution is -0.115. The van der Waals surface area contributed by atoms with Crippen LogP contribution in [0.3, 0.4) is 0 Å². The monoisotopic (exact) mass is 372 g/mol. The molecule has 0 saturated carbocycles. The smallest absolute Gasteiger partial charge is 0.239 e. The van der Waals surface area contributed by atoms with E-state index in [1.54, 1.807) is 6.20 Å². The fourth-order valence-electron chi connectivity index (χ4n) is 2.93. The van der Waals surface area contributed by atoms with E-state index in [0.717, 1.165) is 25.0 Å². The summed E-state index contributed by atoms with van der Waals surface area (Å²) >= 11 is 2.77. The largest absolute Gasteiger partial charge is 0.301 e. The van der Waals surface area contributed by atoms with Crippen LogP contribution < -0.4 is 5.32 Å². The van der Waals surface area contributed by atoms with E-state index < -0.39 is 0 Å². The number of hydrogen-bond donors (Lipinski definition) is 1. The van der Waals surface area contributed by atoms with Crippen molar-refractivity contribution in [2.75, 3.05) is 5.32 Å². The number of pyridine rings is 1. The third-order valence-corrected chi connectivity index (χ3v) is 6.35. The quantitative estimate of drug-likeness (QED) is 0.801. The van der Waals surface area contributed by atoms with Crippen molar-refractivity contribution in [1.29, 1.82) is 5.26 Å². The third-order valence-electron chi connectivity index (χ3n) is 4.30. The second-order valence-electron chi connectivity index (χ2n) is 6.25. The molecule has 1 N–H and O–H groups in total. The van der Waals surface area contributed by atoms with Crippen LogP contribution >= 0.6 is 23.1 Å². The van der Waals surface area contributed by atoms with Crippen molar-refractivity contribution in [1.82, 2.24) is 9.97 Å². The van der Waals surface area contributed by atoms with E-state index in [0.29, 0.717) is 28.1 Å². The molecule has 0 saturated heterocycles. The first-order chi connectivity index (χ1) is 12.1. The Morgan fingerprint density at radius 3 is 3.12 bits per heavy atom. The zero-order chi connectivity index (χ0) is 17.8. The molecule has 1 aliphatic rings. The van der Waals surface area contributed by atoms with E-state index in [2.05, 4.69) is 23.3 Å². The van der Waals surface area contributed by atoms with Crippen molar-refractivity contribution < 1.29 is 4.79 Å². The van der Waals surface area contributed by atoms with Gasteiger partial charge in [-0.25, -0.2) is 9.97 Å². The summed E-state index contributed by atoms with van der Waals surface area (Å²) in [5.41, 5.74) is 2.83. The van der Waals surface area contributed by atoms with Crippen LogP contribution in [0.2, 0.25) is 0 Å². The summed E-state index contributed by atoms with van der Waals surface area (Å²) in [7, 11) is 0. The molecule has 2 aromatic heterocycles. The fraction of sp³-hybridized carbons (Fsp3) is 0.444. The number of nitrogens with one attached hydrogen (secondary N) is 1. The molecular weight excluding hydrogens is 352 g/mol. The van der Waals surface area contributed by atoms with Gasteiger partial charge in [-0.05, 0) is 43.2 Å². The van der Waals surface area contributed by atoms with Crippen LogP contribution in [0.25, 0.3) is 0 Å². The fourth-order valence-corrected chi connectivity index (χ4v) is 4.45. The summed E-state index contributed by atoms with van der Waals surface area (Å²) in [4.78, 5) is 21.3. The second-order valence-corrected chi connectivity index (χ2v) is 8.33. The van der Waals surface area contributed by atoms with Gasteiger partial charge in [-0.1, -0.05) is 25.6 Å². The summed E-state index contributed by atoms with van der Waals surface area (Å²) in [6.45, 7) is 4.19. The Labute approximate surface area is 155 Å². The van der Waals surface area contributed by atoms with Gasteiger partial charge in [0.1, 0.15) is 11.1 Å². The van der Waals surface area contributed by atoms with Crippen LogP contribution in [0, 0.1) is 17.2 Å². The minimum Gasteiger partial charge on any atom is -0.301 e. The highest BCUT2D eigenvalue weighted by Gasteiger charge is 2.24. The Morgan fingerprint density at radius 2 is 2.44 bits per heavy atom. The maximum absolute atomic E-state index is 12.5. The molecule has 0 radical (unpaired) electrons. The molecule has 1 aliphatic carbocycles. The van der Waals surface area contributed by atoms with E-state index >= 15 is 0 Å². The first kappa shape index (κ1) is 17.9. The van der Waals surface area contributed by atoms with Gasteiger partial charge in [-0.15, -0.1) is 11.3 Å². The second kappa shape index (κ2) is 7.98. The summed E-state index contributed by atoms with van der Waals surface area (Å²) in [5.74, 6) is 0.534. The Balaban J connectivity index is 1.80. The zero-order valence-corrected chi connectivity index (χ0v) is 15.9. The number of anilines is 1. The summed E-state index contributed by atoms with van der Waals surface area (Å²) in [5, 5.41) is 15.1. The van der Waals surface area contributed by atoms with E-state index in [1.165, 1.54) is 28.7 Å². The molecular formula is C18H20N4OS2. The molecule has 130 valence electrons. The lowest BCUT2D eigenvalue weighted by Crippen LogP contribution is -2.25. The first-order valence-electron chi connectivity index (χ1n) is 8.40. The number of amides is 1. The number of carbonyl (C=O) groups excluding carboxylic acids is 1. The van der Waals surface area contributed by atoms with Gasteiger partial charge in [-0.3, -0.25) is 4.79 Å². The Bertz CT molecular complexity index is 798. The average molecular weight is 373 g/mol. The number of aryl methyl sites for hydroxylation is 1. The van der Waals surface area contributed by atoms with Crippen molar-refractivity contribution in [3.8, 4) is 6.07 Å². The predicted molar refractivity (Wildman–Crippen MR) is 101 cm³/mol. The number of nitriles is 1. The van der Waals surface area contributed by atoms with E-state index in [9.17, 15) is 10.1 Å². The highest BCUT2D eigenvalue weighted by molar-refractivity contribution is 8.00. The minimum absolute atomic E-state index is 0.0977. The lowest BCUT2D eigenvalue weighted by atomic mass is 9.87. The van der Waals surface area contributed by atoms with Gasteiger partial charge in [0.15, 0.2) is 5.13 Å². The molecule has 2 aromatic rings. The van der Waals surface area contributed by atoms with Crippen molar-refractivity contribution in [3.05, 3.63) is 34.5 Å². The molecule has 2 atom stereocenters. The van der Waals surface area contributed by atoms with Gasteiger partial charge in [-0.2, -0.15) is 5.26 Å². The standard InChI is InChI=1S/C18H20N4OS2/c1-3-15(16(23)22-18-20-6-7-24-18)25-17-13(10-19)9-12-8-11(2)4-5-14(12)21-17/h6-7,9,11,15H,3-5,8H2,1-2H3,(H,20,22,23). The van der Waals surface area contributed by atoms with Gasteiger partial charge in [0, 0.05) is 17.3 Å². The van der Waals surface area contributed by atoms with Crippen LogP contribution in [-0.2, 0) is 17.6 Å². The number of nitrogens with zero attached hydrogens (tertiary/aromatic N) is 3. The van der Waals surface area contributed by atoms with E-state index in [4.69, 9.17) is 4.98 Å². The number of thioether (sulfide) groups is 1. The molecule has 25 heavy (non-hydrogen) atoms. The summed E-state index contributed by atoms with van der Waals surface area (Å²) < 4.78 is 0. The normalized spacial score (nSPS) is 17.4. The van der Waals surface area contributed by atoms with Crippen LogP contribution in [0.15, 0.2) is 22.7 Å². The third kappa shape index (κ3) is 4.20. The maximum atomic E-state index is 12.5. The maximum Gasteiger partial charge on any atom is 0.239 e. The predicted octanol–water partition coefficient (Wildman–Crippen LogP) is 4.04. The first-order valence-corrected chi connectivity index (χ1v) is 10.2. The number of aromatic nitrogens is 2. The number of rotatable bonds is 5. The number of thiazole rings is 1. The molecule has 0 spiro atoms. The topological polar surface area (TPSA) is 78.7 Å². The molecule has 2 unspecified atom stereocenters. The molecule has 7 heteroatoms. The van der Waals surface area contributed by atoms with Crippen LogP contribution in [0.1, 0.15) is 43.5 Å². The number of carbonyl (C=O) groups is 1. The molecule has 1 amide bonds. The zero-order valence-electron chi connectivity index (χ0n) is 14.3. The summed E-state index contributed by atoms with van der Waals surface area (Å²) in [6, 6.07) is 4.21. The average Bonchev–Trinajstić information content (AvgIpc) is 3.11. The highest BCUT2D eigenvalue weighted by atomic mass is 32.2. The Morgan fingerprint density at radius 1 is 1.60 bits per heavy atom. The van der Waals surface area contributed by atoms with Crippen molar-refractivity contribution in [2.45, 2.75) is 49.8 Å². The number of fused-ring (bicyclic) bond motifs is 1. The van der Waals surface area contributed by atoms with Crippen molar-refractivity contribution in [2.24, 2.45) is 5.92 Å². The van der Waals surface area contributed by atoms with Crippen molar-refractivity contribution in [3.63, 3.8) is 0 Å². The van der Waals surface area contributed by atoms with Crippen LogP contribution in [-0.4, -0.2) is 21.1 Å². The number of hydrogen-bond acceptors (Lipinski definition) is 6. The Hall–Kier alpha value is -1.91. The molecule has 0 fully saturated rings. The molecule has 0 aromatic carbocycles. The molecule has 0 bridgehead atoms. The van der Waals surface area contributed by atoms with E-state index in [1.807, 2.05) is 18.4 Å². The lowest BCUT2D eigenvalue weighted by Gasteiger charge is -2.22. The highest BCUT2D eigenvalue weighted by Crippen LogP contribution is 2.32. The van der Waals surface area contributed by atoms with Crippen molar-refractivity contribution >= 4 is 34.1 Å². The van der Waals surface area contributed by atoms with E-state index in [-0.39, 0.29) is 11.2 Å². The van der Waals surface area contributed by atoms with Crippen LogP contribution in [0.5, 0.6) is 0 Å². The van der Waals surface area contributed by atoms with Gasteiger partial charge in [0.05, 0.1) is 10.8 Å².